The third-order valence-electron chi connectivity index (χ3n) is 2.64. The molecule has 0 spiro atoms. The SMILES string of the molecule is Cc1ccn(/C=C2\CC2(C)C)c(=O)n1. The molecule has 0 saturated heterocycles. The number of aromatic nitrogens is 2. The van der Waals surface area contributed by atoms with E-state index >= 15 is 0 Å². The van der Waals surface area contributed by atoms with Crippen LogP contribution >= 0.6 is 0 Å². The fourth-order valence-corrected chi connectivity index (χ4v) is 1.42. The molecule has 0 N–H and O–H groups in total. The number of hydrogen-bond donors (Lipinski definition) is 0. The normalized spacial score (nSPS) is 21.2. The lowest BCUT2D eigenvalue weighted by Gasteiger charge is -1.98. The zero-order valence-electron chi connectivity index (χ0n) is 8.74. The van der Waals surface area contributed by atoms with Gasteiger partial charge in [0.1, 0.15) is 0 Å². The van der Waals surface area contributed by atoms with E-state index in [2.05, 4.69) is 18.8 Å². The van der Waals surface area contributed by atoms with Gasteiger partial charge in [0.2, 0.25) is 0 Å². The Labute approximate surface area is 83.1 Å². The minimum absolute atomic E-state index is 0.194. The van der Waals surface area contributed by atoms with E-state index in [0.717, 1.165) is 12.1 Å². The summed E-state index contributed by atoms with van der Waals surface area (Å²) >= 11 is 0. The quantitative estimate of drug-likeness (QED) is 0.677. The molecule has 1 fully saturated rings. The van der Waals surface area contributed by atoms with Gasteiger partial charge in [-0.1, -0.05) is 13.8 Å². The molecule has 0 radical (unpaired) electrons. The molecule has 0 aromatic carbocycles. The zero-order valence-corrected chi connectivity index (χ0v) is 8.74. The Morgan fingerprint density at radius 2 is 2.21 bits per heavy atom. The van der Waals surface area contributed by atoms with Gasteiger partial charge in [0.15, 0.2) is 0 Å². The first kappa shape index (κ1) is 9.19. The van der Waals surface area contributed by atoms with Crippen LogP contribution in [-0.4, -0.2) is 9.55 Å². The molecule has 0 bridgehead atoms. The van der Waals surface area contributed by atoms with Crippen molar-refractivity contribution < 1.29 is 0 Å². The van der Waals surface area contributed by atoms with E-state index in [-0.39, 0.29) is 11.1 Å². The smallest absolute Gasteiger partial charge is 0.275 e. The fourth-order valence-electron chi connectivity index (χ4n) is 1.42. The lowest BCUT2D eigenvalue weighted by molar-refractivity contribution is 0.686. The van der Waals surface area contributed by atoms with Crippen molar-refractivity contribution in [1.29, 1.82) is 0 Å². The van der Waals surface area contributed by atoms with Crippen LogP contribution in [0.3, 0.4) is 0 Å². The molecule has 1 saturated carbocycles. The predicted molar refractivity (Wildman–Crippen MR) is 55.9 cm³/mol. The average Bonchev–Trinajstić information content (AvgIpc) is 2.65. The Hall–Kier alpha value is -1.38. The lowest BCUT2D eigenvalue weighted by Crippen LogP contribution is -2.18. The average molecular weight is 190 g/mol. The van der Waals surface area contributed by atoms with E-state index in [4.69, 9.17) is 0 Å². The molecule has 3 heteroatoms. The Morgan fingerprint density at radius 3 is 2.71 bits per heavy atom. The summed E-state index contributed by atoms with van der Waals surface area (Å²) in [4.78, 5) is 15.3. The highest BCUT2D eigenvalue weighted by Gasteiger charge is 2.38. The number of nitrogens with zero attached hydrogens (tertiary/aromatic N) is 2. The molecule has 0 amide bonds. The molecule has 1 aliphatic rings. The molecule has 2 rings (SSSR count). The van der Waals surface area contributed by atoms with Crippen molar-refractivity contribution in [2.75, 3.05) is 0 Å². The Morgan fingerprint density at radius 1 is 1.57 bits per heavy atom. The van der Waals surface area contributed by atoms with Crippen LogP contribution in [0.4, 0.5) is 0 Å². The summed E-state index contributed by atoms with van der Waals surface area (Å²) in [5.41, 5.74) is 2.16. The van der Waals surface area contributed by atoms with E-state index < -0.39 is 0 Å². The largest absolute Gasteiger partial charge is 0.351 e. The van der Waals surface area contributed by atoms with Gasteiger partial charge in [-0.3, -0.25) is 4.57 Å². The number of rotatable bonds is 1. The van der Waals surface area contributed by atoms with E-state index in [1.807, 2.05) is 19.2 Å². The molecule has 0 unspecified atom stereocenters. The fraction of sp³-hybridized carbons (Fsp3) is 0.455. The highest BCUT2D eigenvalue weighted by atomic mass is 16.1. The molecule has 0 atom stereocenters. The van der Waals surface area contributed by atoms with Gasteiger partial charge < -0.3 is 0 Å². The van der Waals surface area contributed by atoms with Crippen molar-refractivity contribution in [3.05, 3.63) is 34.0 Å². The van der Waals surface area contributed by atoms with E-state index in [9.17, 15) is 4.79 Å². The van der Waals surface area contributed by atoms with Crippen molar-refractivity contribution in [1.82, 2.24) is 9.55 Å². The molecule has 74 valence electrons. The molecule has 1 aliphatic carbocycles. The molecule has 3 nitrogen and oxygen atoms in total. The maximum Gasteiger partial charge on any atom is 0.351 e. The van der Waals surface area contributed by atoms with Crippen LogP contribution in [0, 0.1) is 12.3 Å². The minimum atomic E-state index is -0.194. The van der Waals surface area contributed by atoms with Crippen LogP contribution in [-0.2, 0) is 0 Å². The summed E-state index contributed by atoms with van der Waals surface area (Å²) in [6.45, 7) is 6.16. The highest BCUT2D eigenvalue weighted by Crippen LogP contribution is 2.51. The minimum Gasteiger partial charge on any atom is -0.275 e. The van der Waals surface area contributed by atoms with E-state index in [0.29, 0.717) is 0 Å². The third-order valence-corrected chi connectivity index (χ3v) is 2.64. The van der Waals surface area contributed by atoms with Gasteiger partial charge in [-0.05, 0) is 30.4 Å². The molecular formula is C11H14N2O. The van der Waals surface area contributed by atoms with Crippen molar-refractivity contribution >= 4 is 6.20 Å². The second kappa shape index (κ2) is 2.80. The van der Waals surface area contributed by atoms with Crippen molar-refractivity contribution in [3.8, 4) is 0 Å². The van der Waals surface area contributed by atoms with Crippen LogP contribution in [0.15, 0.2) is 22.6 Å². The van der Waals surface area contributed by atoms with E-state index in [1.54, 1.807) is 10.8 Å². The summed E-state index contributed by atoms with van der Waals surface area (Å²) in [5.74, 6) is 0. The third kappa shape index (κ3) is 1.62. The van der Waals surface area contributed by atoms with Gasteiger partial charge in [0, 0.05) is 18.1 Å². The Kier molecular flexibility index (Phi) is 1.84. The first-order valence-electron chi connectivity index (χ1n) is 4.76. The van der Waals surface area contributed by atoms with Crippen LogP contribution < -0.4 is 5.69 Å². The summed E-state index contributed by atoms with van der Waals surface area (Å²) in [7, 11) is 0. The Balaban J connectivity index is 2.36. The highest BCUT2D eigenvalue weighted by molar-refractivity contribution is 5.45. The number of allylic oxidation sites excluding steroid dienone is 1. The zero-order chi connectivity index (χ0) is 10.3. The molecular weight excluding hydrogens is 176 g/mol. The first-order chi connectivity index (χ1) is 6.49. The molecule has 1 aromatic heterocycles. The summed E-state index contributed by atoms with van der Waals surface area (Å²) < 4.78 is 1.55. The number of aryl methyl sites for hydroxylation is 1. The van der Waals surface area contributed by atoms with Gasteiger partial charge >= 0.3 is 5.69 Å². The standard InChI is InChI=1S/C11H14N2O/c1-8-4-5-13(10(14)12-8)7-9-6-11(9,2)3/h4-5,7H,6H2,1-3H3/b9-7+. The maximum absolute atomic E-state index is 11.4. The second-order valence-electron chi connectivity index (χ2n) is 4.47. The molecule has 1 aromatic rings. The first-order valence-corrected chi connectivity index (χ1v) is 4.76. The number of hydrogen-bond acceptors (Lipinski definition) is 2. The maximum atomic E-state index is 11.4. The van der Waals surface area contributed by atoms with Gasteiger partial charge in [0.25, 0.3) is 0 Å². The molecule has 1 heterocycles. The van der Waals surface area contributed by atoms with Crippen LogP contribution in [0.5, 0.6) is 0 Å². The van der Waals surface area contributed by atoms with Gasteiger partial charge in [-0.25, -0.2) is 4.79 Å². The lowest BCUT2D eigenvalue weighted by atomic mass is 10.2. The van der Waals surface area contributed by atoms with Crippen LogP contribution in [0.2, 0.25) is 0 Å². The van der Waals surface area contributed by atoms with Crippen LogP contribution in [0.25, 0.3) is 6.20 Å². The van der Waals surface area contributed by atoms with Gasteiger partial charge in [-0.2, -0.15) is 4.98 Å². The molecule has 14 heavy (non-hydrogen) atoms. The summed E-state index contributed by atoms with van der Waals surface area (Å²) in [5, 5.41) is 0. The van der Waals surface area contributed by atoms with Crippen molar-refractivity contribution in [2.45, 2.75) is 27.2 Å². The summed E-state index contributed by atoms with van der Waals surface area (Å²) in [6.07, 6.45) is 4.74. The summed E-state index contributed by atoms with van der Waals surface area (Å²) in [6, 6.07) is 1.84. The van der Waals surface area contributed by atoms with Gasteiger partial charge in [0.05, 0.1) is 0 Å². The topological polar surface area (TPSA) is 34.9 Å². The second-order valence-corrected chi connectivity index (χ2v) is 4.47. The van der Waals surface area contributed by atoms with Crippen LogP contribution in [0.1, 0.15) is 26.0 Å². The van der Waals surface area contributed by atoms with E-state index in [1.165, 1.54) is 5.57 Å². The monoisotopic (exact) mass is 190 g/mol. The predicted octanol–water partition coefficient (Wildman–Crippen LogP) is 1.82. The van der Waals surface area contributed by atoms with Crippen molar-refractivity contribution in [3.63, 3.8) is 0 Å². The molecule has 0 aliphatic heterocycles. The van der Waals surface area contributed by atoms with Crippen molar-refractivity contribution in [2.24, 2.45) is 5.41 Å². The Bertz CT molecular complexity index is 455. The van der Waals surface area contributed by atoms with Gasteiger partial charge in [-0.15, -0.1) is 0 Å².